The van der Waals surface area contributed by atoms with Crippen molar-refractivity contribution >= 4 is 11.6 Å². The molecule has 1 saturated heterocycles. The lowest BCUT2D eigenvalue weighted by Crippen LogP contribution is -2.37. The molecule has 0 bridgehead atoms. The first-order valence-electron chi connectivity index (χ1n) is 6.64. The summed E-state index contributed by atoms with van der Waals surface area (Å²) >= 11 is 0. The number of aliphatic hydroxyl groups excluding tert-OH is 1. The third-order valence-electron chi connectivity index (χ3n) is 4.02. The molecule has 1 heterocycles. The van der Waals surface area contributed by atoms with E-state index < -0.39 is 11.5 Å². The number of aliphatic hydroxyl groups is 1. The molecule has 1 aliphatic rings. The molecular formula is C15H19N3O2. The van der Waals surface area contributed by atoms with Crippen LogP contribution in [0.5, 0.6) is 0 Å². The van der Waals surface area contributed by atoms with Crippen LogP contribution in [0.4, 0.5) is 5.69 Å². The Morgan fingerprint density at radius 3 is 2.80 bits per heavy atom. The molecule has 1 aromatic carbocycles. The van der Waals surface area contributed by atoms with Gasteiger partial charge < -0.3 is 15.7 Å². The Morgan fingerprint density at radius 2 is 2.30 bits per heavy atom. The standard InChI is InChI=1S/C15H19N3O2/c1-10(19)12-4-3-11(8-16)7-13(12)18-6-5-15(2,9-18)14(17)20/h3-4,7,10,19H,5-6,9H2,1-2H3,(H2,17,20). The van der Waals surface area contributed by atoms with Crippen LogP contribution in [-0.4, -0.2) is 24.1 Å². The Balaban J connectivity index is 2.38. The fourth-order valence-electron chi connectivity index (χ4n) is 2.61. The first-order valence-corrected chi connectivity index (χ1v) is 6.64. The number of carbonyl (C=O) groups is 1. The summed E-state index contributed by atoms with van der Waals surface area (Å²) in [6.07, 6.45) is 0.0522. The van der Waals surface area contributed by atoms with Gasteiger partial charge in [-0.25, -0.2) is 0 Å². The van der Waals surface area contributed by atoms with Crippen molar-refractivity contribution in [1.82, 2.24) is 0 Å². The van der Waals surface area contributed by atoms with Crippen molar-refractivity contribution in [3.8, 4) is 6.07 Å². The summed E-state index contributed by atoms with van der Waals surface area (Å²) in [5.41, 5.74) is 7.01. The number of hydrogen-bond acceptors (Lipinski definition) is 4. The van der Waals surface area contributed by atoms with E-state index in [0.29, 0.717) is 25.1 Å². The van der Waals surface area contributed by atoms with Gasteiger partial charge in [0.2, 0.25) is 5.91 Å². The van der Waals surface area contributed by atoms with Gasteiger partial charge in [0.05, 0.1) is 23.2 Å². The number of nitrogens with zero attached hydrogens (tertiary/aromatic N) is 2. The highest BCUT2D eigenvalue weighted by atomic mass is 16.3. The van der Waals surface area contributed by atoms with Crippen LogP contribution in [-0.2, 0) is 4.79 Å². The topological polar surface area (TPSA) is 90.3 Å². The molecule has 106 valence electrons. The Hall–Kier alpha value is -2.06. The van der Waals surface area contributed by atoms with E-state index in [0.717, 1.165) is 11.3 Å². The average molecular weight is 273 g/mol. The summed E-state index contributed by atoms with van der Waals surface area (Å²) in [6.45, 7) is 4.74. The van der Waals surface area contributed by atoms with E-state index in [2.05, 4.69) is 6.07 Å². The number of rotatable bonds is 3. The van der Waals surface area contributed by atoms with Gasteiger partial charge in [0, 0.05) is 24.3 Å². The molecule has 0 spiro atoms. The molecule has 1 fully saturated rings. The van der Waals surface area contributed by atoms with Gasteiger partial charge in [-0.15, -0.1) is 0 Å². The minimum Gasteiger partial charge on any atom is -0.389 e. The third-order valence-corrected chi connectivity index (χ3v) is 4.02. The van der Waals surface area contributed by atoms with E-state index in [-0.39, 0.29) is 5.91 Å². The molecule has 0 saturated carbocycles. The predicted octanol–water partition coefficient (Wildman–Crippen LogP) is 1.31. The van der Waals surface area contributed by atoms with Gasteiger partial charge in [-0.05, 0) is 32.4 Å². The molecule has 1 amide bonds. The van der Waals surface area contributed by atoms with Crippen molar-refractivity contribution < 1.29 is 9.90 Å². The molecule has 2 atom stereocenters. The van der Waals surface area contributed by atoms with Gasteiger partial charge >= 0.3 is 0 Å². The van der Waals surface area contributed by atoms with Gasteiger partial charge in [0.15, 0.2) is 0 Å². The molecule has 2 unspecified atom stereocenters. The molecule has 0 radical (unpaired) electrons. The second-order valence-corrected chi connectivity index (χ2v) is 5.66. The van der Waals surface area contributed by atoms with E-state index in [4.69, 9.17) is 11.0 Å². The second kappa shape index (κ2) is 5.14. The van der Waals surface area contributed by atoms with Crippen LogP contribution in [0.25, 0.3) is 0 Å². The van der Waals surface area contributed by atoms with Crippen molar-refractivity contribution in [2.24, 2.45) is 11.1 Å². The highest BCUT2D eigenvalue weighted by Crippen LogP contribution is 2.36. The van der Waals surface area contributed by atoms with E-state index in [1.807, 2.05) is 11.8 Å². The maximum absolute atomic E-state index is 11.5. The zero-order chi connectivity index (χ0) is 14.9. The van der Waals surface area contributed by atoms with Gasteiger partial charge in [-0.3, -0.25) is 4.79 Å². The number of anilines is 1. The Morgan fingerprint density at radius 1 is 1.60 bits per heavy atom. The van der Waals surface area contributed by atoms with Gasteiger partial charge in [0.25, 0.3) is 0 Å². The minimum atomic E-state index is -0.627. The Labute approximate surface area is 118 Å². The van der Waals surface area contributed by atoms with Crippen LogP contribution >= 0.6 is 0 Å². The fraction of sp³-hybridized carbons (Fsp3) is 0.467. The van der Waals surface area contributed by atoms with Crippen LogP contribution in [0.3, 0.4) is 0 Å². The maximum atomic E-state index is 11.5. The summed E-state index contributed by atoms with van der Waals surface area (Å²) in [6, 6.07) is 7.31. The molecule has 20 heavy (non-hydrogen) atoms. The van der Waals surface area contributed by atoms with Gasteiger partial charge in [-0.2, -0.15) is 5.26 Å². The first kappa shape index (κ1) is 14.4. The zero-order valence-corrected chi connectivity index (χ0v) is 11.8. The number of nitrogens with two attached hydrogens (primary N) is 1. The van der Waals surface area contributed by atoms with Crippen molar-refractivity contribution in [2.75, 3.05) is 18.0 Å². The summed E-state index contributed by atoms with van der Waals surface area (Å²) in [5.74, 6) is -0.310. The summed E-state index contributed by atoms with van der Waals surface area (Å²) in [4.78, 5) is 13.6. The smallest absolute Gasteiger partial charge is 0.225 e. The molecular weight excluding hydrogens is 254 g/mol. The molecule has 2 rings (SSSR count). The summed E-state index contributed by atoms with van der Waals surface area (Å²) < 4.78 is 0. The van der Waals surface area contributed by atoms with Crippen LogP contribution in [0.2, 0.25) is 0 Å². The van der Waals surface area contributed by atoms with Crippen LogP contribution in [0.15, 0.2) is 18.2 Å². The summed E-state index contributed by atoms with van der Waals surface area (Å²) in [7, 11) is 0. The van der Waals surface area contributed by atoms with Gasteiger partial charge in [-0.1, -0.05) is 6.07 Å². The normalized spacial score (nSPS) is 23.4. The highest BCUT2D eigenvalue weighted by molar-refractivity contribution is 5.82. The highest BCUT2D eigenvalue weighted by Gasteiger charge is 2.39. The van der Waals surface area contributed by atoms with E-state index >= 15 is 0 Å². The van der Waals surface area contributed by atoms with Crippen molar-refractivity contribution in [3.63, 3.8) is 0 Å². The fourth-order valence-corrected chi connectivity index (χ4v) is 2.61. The lowest BCUT2D eigenvalue weighted by Gasteiger charge is -2.25. The largest absolute Gasteiger partial charge is 0.389 e. The number of primary amides is 1. The van der Waals surface area contributed by atoms with Crippen molar-refractivity contribution in [1.29, 1.82) is 5.26 Å². The van der Waals surface area contributed by atoms with Crippen molar-refractivity contribution in [2.45, 2.75) is 26.4 Å². The molecule has 5 nitrogen and oxygen atoms in total. The SMILES string of the molecule is CC(O)c1ccc(C#N)cc1N1CCC(C)(C(N)=O)C1. The van der Waals surface area contributed by atoms with Crippen molar-refractivity contribution in [3.05, 3.63) is 29.3 Å². The Kier molecular flexibility index (Phi) is 3.69. The number of amides is 1. The Bertz CT molecular complexity index is 577. The quantitative estimate of drug-likeness (QED) is 0.868. The average Bonchev–Trinajstić information content (AvgIpc) is 2.82. The zero-order valence-electron chi connectivity index (χ0n) is 11.8. The van der Waals surface area contributed by atoms with Crippen LogP contribution in [0.1, 0.15) is 37.5 Å². The first-order chi connectivity index (χ1) is 9.37. The minimum absolute atomic E-state index is 0.310. The molecule has 5 heteroatoms. The molecule has 3 N–H and O–H groups in total. The maximum Gasteiger partial charge on any atom is 0.225 e. The third kappa shape index (κ3) is 2.47. The second-order valence-electron chi connectivity index (χ2n) is 5.66. The molecule has 0 aromatic heterocycles. The van der Waals surface area contributed by atoms with E-state index in [1.165, 1.54) is 0 Å². The molecule has 1 aliphatic heterocycles. The molecule has 1 aromatic rings. The van der Waals surface area contributed by atoms with E-state index in [9.17, 15) is 9.90 Å². The van der Waals surface area contributed by atoms with Crippen LogP contribution < -0.4 is 10.6 Å². The number of benzene rings is 1. The number of hydrogen-bond donors (Lipinski definition) is 2. The van der Waals surface area contributed by atoms with Crippen LogP contribution in [0, 0.1) is 16.7 Å². The monoisotopic (exact) mass is 273 g/mol. The number of carbonyl (C=O) groups excluding carboxylic acids is 1. The predicted molar refractivity (Wildman–Crippen MR) is 75.9 cm³/mol. The molecule has 0 aliphatic carbocycles. The van der Waals surface area contributed by atoms with Gasteiger partial charge in [0.1, 0.15) is 0 Å². The number of nitriles is 1. The lowest BCUT2D eigenvalue weighted by atomic mass is 9.89. The summed E-state index contributed by atoms with van der Waals surface area (Å²) in [5, 5.41) is 18.9. The van der Waals surface area contributed by atoms with E-state index in [1.54, 1.807) is 25.1 Å². The lowest BCUT2D eigenvalue weighted by molar-refractivity contribution is -0.125.